The van der Waals surface area contributed by atoms with Crippen molar-refractivity contribution in [2.45, 2.75) is 31.8 Å². The standard InChI is InChI=1S/C19H22ClNO2/c1-2-17(14-7-4-3-5-8-14)19(23)21-12-11-18(22)15-9-6-10-16(20)13-15/h3-10,13,17-18,22H,2,11-12H2,1H3,(H,21,23)/t17-,18-/m1/s1. The van der Waals surface area contributed by atoms with E-state index >= 15 is 0 Å². The predicted molar refractivity (Wildman–Crippen MR) is 93.5 cm³/mol. The van der Waals surface area contributed by atoms with Crippen LogP contribution in [0.25, 0.3) is 0 Å². The van der Waals surface area contributed by atoms with E-state index in [1.807, 2.05) is 49.4 Å². The minimum absolute atomic E-state index is 0.00278. The number of carbonyl (C=O) groups is 1. The smallest absolute Gasteiger partial charge is 0.227 e. The first-order chi connectivity index (χ1) is 11.1. The Morgan fingerprint density at radius 1 is 1.13 bits per heavy atom. The van der Waals surface area contributed by atoms with Crippen molar-refractivity contribution < 1.29 is 9.90 Å². The number of nitrogens with one attached hydrogen (secondary N) is 1. The first kappa shape index (κ1) is 17.5. The zero-order valence-corrected chi connectivity index (χ0v) is 14.0. The second kappa shape index (κ2) is 8.70. The first-order valence-electron chi connectivity index (χ1n) is 7.88. The van der Waals surface area contributed by atoms with Crippen LogP contribution >= 0.6 is 11.6 Å². The zero-order chi connectivity index (χ0) is 16.7. The molecule has 23 heavy (non-hydrogen) atoms. The van der Waals surface area contributed by atoms with Crippen LogP contribution in [0, 0.1) is 0 Å². The Labute approximate surface area is 142 Å². The third kappa shape index (κ3) is 5.08. The van der Waals surface area contributed by atoms with Gasteiger partial charge < -0.3 is 10.4 Å². The van der Waals surface area contributed by atoms with Gasteiger partial charge in [0.2, 0.25) is 5.91 Å². The molecule has 0 fully saturated rings. The number of amides is 1. The molecular formula is C19H22ClNO2. The van der Waals surface area contributed by atoms with Crippen molar-refractivity contribution >= 4 is 17.5 Å². The molecule has 122 valence electrons. The maximum absolute atomic E-state index is 12.3. The molecule has 0 saturated heterocycles. The second-order valence-electron chi connectivity index (χ2n) is 5.52. The van der Waals surface area contributed by atoms with Crippen LogP contribution in [0.2, 0.25) is 5.02 Å². The van der Waals surface area contributed by atoms with Crippen molar-refractivity contribution in [2.24, 2.45) is 0 Å². The molecular weight excluding hydrogens is 310 g/mol. The van der Waals surface area contributed by atoms with E-state index in [1.54, 1.807) is 12.1 Å². The lowest BCUT2D eigenvalue weighted by molar-refractivity contribution is -0.122. The molecule has 2 atom stereocenters. The fourth-order valence-electron chi connectivity index (χ4n) is 2.59. The number of benzene rings is 2. The minimum Gasteiger partial charge on any atom is -0.388 e. The third-order valence-corrected chi connectivity index (χ3v) is 4.11. The summed E-state index contributed by atoms with van der Waals surface area (Å²) in [4.78, 5) is 12.3. The summed E-state index contributed by atoms with van der Waals surface area (Å²) in [7, 11) is 0. The van der Waals surface area contributed by atoms with Crippen molar-refractivity contribution in [1.82, 2.24) is 5.32 Å². The van der Waals surface area contributed by atoms with E-state index in [0.29, 0.717) is 18.0 Å². The van der Waals surface area contributed by atoms with E-state index in [9.17, 15) is 9.90 Å². The van der Waals surface area contributed by atoms with E-state index in [-0.39, 0.29) is 11.8 Å². The highest BCUT2D eigenvalue weighted by Crippen LogP contribution is 2.21. The first-order valence-corrected chi connectivity index (χ1v) is 8.25. The van der Waals surface area contributed by atoms with Gasteiger partial charge in [-0.25, -0.2) is 0 Å². The van der Waals surface area contributed by atoms with Crippen molar-refractivity contribution in [1.29, 1.82) is 0 Å². The number of hydrogen-bond donors (Lipinski definition) is 2. The van der Waals surface area contributed by atoms with Gasteiger partial charge in [0.05, 0.1) is 12.0 Å². The fourth-order valence-corrected chi connectivity index (χ4v) is 2.79. The van der Waals surface area contributed by atoms with Crippen LogP contribution in [-0.2, 0) is 4.79 Å². The lowest BCUT2D eigenvalue weighted by Gasteiger charge is -2.17. The Kier molecular flexibility index (Phi) is 6.63. The lowest BCUT2D eigenvalue weighted by Crippen LogP contribution is -2.30. The molecule has 0 unspecified atom stereocenters. The summed E-state index contributed by atoms with van der Waals surface area (Å²) in [5.41, 5.74) is 1.78. The number of aliphatic hydroxyl groups is 1. The number of aliphatic hydroxyl groups excluding tert-OH is 1. The summed E-state index contributed by atoms with van der Waals surface area (Å²) < 4.78 is 0. The highest BCUT2D eigenvalue weighted by molar-refractivity contribution is 6.30. The molecule has 0 heterocycles. The van der Waals surface area contributed by atoms with Crippen molar-refractivity contribution in [3.63, 3.8) is 0 Å². The summed E-state index contributed by atoms with van der Waals surface area (Å²) in [5, 5.41) is 13.7. The summed E-state index contributed by atoms with van der Waals surface area (Å²) in [6.07, 6.45) is 0.565. The topological polar surface area (TPSA) is 49.3 Å². The van der Waals surface area contributed by atoms with E-state index < -0.39 is 6.10 Å². The largest absolute Gasteiger partial charge is 0.388 e. The van der Waals surface area contributed by atoms with Gasteiger partial charge >= 0.3 is 0 Å². The van der Waals surface area contributed by atoms with E-state index in [4.69, 9.17) is 11.6 Å². The normalized spacial score (nSPS) is 13.3. The van der Waals surface area contributed by atoms with Crippen LogP contribution in [0.15, 0.2) is 54.6 Å². The zero-order valence-electron chi connectivity index (χ0n) is 13.2. The molecule has 1 amide bonds. The molecule has 0 spiro atoms. The predicted octanol–water partition coefficient (Wildman–Crippen LogP) is 4.07. The minimum atomic E-state index is -0.634. The van der Waals surface area contributed by atoms with Crippen molar-refractivity contribution in [3.8, 4) is 0 Å². The molecule has 0 aromatic heterocycles. The second-order valence-corrected chi connectivity index (χ2v) is 5.96. The molecule has 0 aliphatic carbocycles. The van der Waals surface area contributed by atoms with Gasteiger partial charge in [0.1, 0.15) is 0 Å². The van der Waals surface area contributed by atoms with Crippen LogP contribution in [-0.4, -0.2) is 17.6 Å². The molecule has 4 heteroatoms. The average molecular weight is 332 g/mol. The Morgan fingerprint density at radius 3 is 2.48 bits per heavy atom. The van der Waals surface area contributed by atoms with Gasteiger partial charge in [-0.1, -0.05) is 61.0 Å². The van der Waals surface area contributed by atoms with Crippen LogP contribution in [0.1, 0.15) is 42.9 Å². The van der Waals surface area contributed by atoms with Gasteiger partial charge in [0.15, 0.2) is 0 Å². The molecule has 2 aromatic carbocycles. The Balaban J connectivity index is 1.86. The maximum atomic E-state index is 12.3. The quantitative estimate of drug-likeness (QED) is 0.803. The Hall–Kier alpha value is -1.84. The molecule has 0 bridgehead atoms. The molecule has 3 nitrogen and oxygen atoms in total. The molecule has 2 aromatic rings. The third-order valence-electron chi connectivity index (χ3n) is 3.88. The molecule has 2 rings (SSSR count). The summed E-state index contributed by atoms with van der Waals surface area (Å²) >= 11 is 5.92. The van der Waals surface area contributed by atoms with Gasteiger partial charge in [-0.05, 0) is 36.1 Å². The Bertz CT molecular complexity index is 630. The summed E-state index contributed by atoms with van der Waals surface area (Å²) in [6.45, 7) is 2.42. The molecule has 2 N–H and O–H groups in total. The van der Waals surface area contributed by atoms with E-state index in [1.165, 1.54) is 0 Å². The highest BCUT2D eigenvalue weighted by Gasteiger charge is 2.18. The van der Waals surface area contributed by atoms with Crippen LogP contribution in [0.5, 0.6) is 0 Å². The highest BCUT2D eigenvalue weighted by atomic mass is 35.5. The van der Waals surface area contributed by atoms with Crippen LogP contribution in [0.4, 0.5) is 0 Å². The monoisotopic (exact) mass is 331 g/mol. The van der Waals surface area contributed by atoms with Gasteiger partial charge in [0.25, 0.3) is 0 Å². The molecule has 0 saturated carbocycles. The number of rotatable bonds is 7. The van der Waals surface area contributed by atoms with Gasteiger partial charge in [-0.15, -0.1) is 0 Å². The van der Waals surface area contributed by atoms with Gasteiger partial charge in [0, 0.05) is 11.6 Å². The summed E-state index contributed by atoms with van der Waals surface area (Å²) in [5.74, 6) is -0.156. The Morgan fingerprint density at radius 2 is 1.83 bits per heavy atom. The average Bonchev–Trinajstić information content (AvgIpc) is 2.56. The number of hydrogen-bond acceptors (Lipinski definition) is 2. The maximum Gasteiger partial charge on any atom is 0.227 e. The molecule has 0 radical (unpaired) electrons. The van der Waals surface area contributed by atoms with Gasteiger partial charge in [-0.2, -0.15) is 0 Å². The van der Waals surface area contributed by atoms with Crippen molar-refractivity contribution in [2.75, 3.05) is 6.54 Å². The molecule has 0 aliphatic heterocycles. The lowest BCUT2D eigenvalue weighted by atomic mass is 9.95. The van der Waals surface area contributed by atoms with E-state index in [0.717, 1.165) is 17.5 Å². The van der Waals surface area contributed by atoms with Crippen molar-refractivity contribution in [3.05, 3.63) is 70.7 Å². The molecule has 0 aliphatic rings. The van der Waals surface area contributed by atoms with Crippen LogP contribution in [0.3, 0.4) is 0 Å². The fraction of sp³-hybridized carbons (Fsp3) is 0.316. The van der Waals surface area contributed by atoms with Crippen LogP contribution < -0.4 is 5.32 Å². The van der Waals surface area contributed by atoms with E-state index in [2.05, 4.69) is 5.32 Å². The SMILES string of the molecule is CC[C@@H](C(=O)NCC[C@@H](O)c1cccc(Cl)c1)c1ccccc1. The summed E-state index contributed by atoms with van der Waals surface area (Å²) in [6, 6.07) is 16.9. The number of halogens is 1. The number of carbonyl (C=O) groups excluding carboxylic acids is 1. The van der Waals surface area contributed by atoms with Gasteiger partial charge in [-0.3, -0.25) is 4.79 Å².